The van der Waals surface area contributed by atoms with Gasteiger partial charge in [-0.15, -0.1) is 0 Å². The second kappa shape index (κ2) is 5.84. The molecule has 5 heteroatoms. The van der Waals surface area contributed by atoms with Crippen LogP contribution in [0.2, 0.25) is 0 Å². The van der Waals surface area contributed by atoms with Gasteiger partial charge in [0, 0.05) is 5.69 Å². The summed E-state index contributed by atoms with van der Waals surface area (Å²) in [6.07, 6.45) is 0. The second-order valence-corrected chi connectivity index (χ2v) is 4.38. The summed E-state index contributed by atoms with van der Waals surface area (Å²) in [6, 6.07) is 3.63. The Morgan fingerprint density at radius 2 is 2.25 bits per heavy atom. The number of carbonyl (C=O) groups excluding carboxylic acids is 1. The number of thioether (sulfide) groups is 1. The third-order valence-corrected chi connectivity index (χ3v) is 2.62. The number of halogens is 1. The van der Waals surface area contributed by atoms with Gasteiger partial charge in [-0.25, -0.2) is 14.2 Å². The summed E-state index contributed by atoms with van der Waals surface area (Å²) in [4.78, 5) is 15.2. The minimum Gasteiger partial charge on any atom is -0.463 e. The van der Waals surface area contributed by atoms with E-state index < -0.39 is 11.5 Å². The maximum absolute atomic E-state index is 13.4. The predicted molar refractivity (Wildman–Crippen MR) is 61.1 cm³/mol. The van der Waals surface area contributed by atoms with Gasteiger partial charge in [0.15, 0.2) is 0 Å². The fraction of sp³-hybridized carbons (Fsp3) is 0.455. The summed E-state index contributed by atoms with van der Waals surface area (Å²) in [5, 5.41) is 0.498. The van der Waals surface area contributed by atoms with Crippen molar-refractivity contribution >= 4 is 17.7 Å². The Labute approximate surface area is 98.4 Å². The van der Waals surface area contributed by atoms with Crippen LogP contribution in [0.3, 0.4) is 0 Å². The molecule has 0 saturated heterocycles. The SMILES string of the molecule is CCOC(=O)C(F)Sc1cc(C)cc(C)n1. The monoisotopic (exact) mass is 243 g/mol. The molecule has 1 aromatic rings. The highest BCUT2D eigenvalue weighted by Gasteiger charge is 2.20. The molecule has 1 aromatic heterocycles. The summed E-state index contributed by atoms with van der Waals surface area (Å²) in [6.45, 7) is 5.55. The van der Waals surface area contributed by atoms with Crippen molar-refractivity contribution in [3.8, 4) is 0 Å². The van der Waals surface area contributed by atoms with Gasteiger partial charge in [0.25, 0.3) is 0 Å². The quantitative estimate of drug-likeness (QED) is 0.602. The van der Waals surface area contributed by atoms with E-state index in [1.807, 2.05) is 19.9 Å². The smallest absolute Gasteiger partial charge is 0.351 e. The Kier molecular flexibility index (Phi) is 4.73. The molecule has 0 amide bonds. The van der Waals surface area contributed by atoms with Gasteiger partial charge in [-0.05, 0) is 38.5 Å². The average molecular weight is 243 g/mol. The van der Waals surface area contributed by atoms with Crippen LogP contribution in [0.15, 0.2) is 17.2 Å². The van der Waals surface area contributed by atoms with E-state index in [-0.39, 0.29) is 6.61 Å². The van der Waals surface area contributed by atoms with Crippen LogP contribution < -0.4 is 0 Å². The van der Waals surface area contributed by atoms with E-state index in [1.165, 1.54) is 0 Å². The molecule has 0 aromatic carbocycles. The molecule has 1 unspecified atom stereocenters. The zero-order valence-corrected chi connectivity index (χ0v) is 10.3. The highest BCUT2D eigenvalue weighted by atomic mass is 32.2. The number of ether oxygens (including phenoxy) is 1. The minimum absolute atomic E-state index is 0.181. The molecule has 88 valence electrons. The molecule has 0 aliphatic rings. The van der Waals surface area contributed by atoms with E-state index in [0.717, 1.165) is 23.0 Å². The molecule has 1 rings (SSSR count). The number of pyridine rings is 1. The summed E-state index contributed by atoms with van der Waals surface area (Å²) in [7, 11) is 0. The molecule has 0 aliphatic carbocycles. The van der Waals surface area contributed by atoms with E-state index in [0.29, 0.717) is 5.03 Å². The van der Waals surface area contributed by atoms with Gasteiger partial charge in [0.2, 0.25) is 5.50 Å². The number of nitrogens with zero attached hydrogens (tertiary/aromatic N) is 1. The van der Waals surface area contributed by atoms with Crippen LogP contribution in [0.25, 0.3) is 0 Å². The number of hydrogen-bond donors (Lipinski definition) is 0. The molecule has 1 heterocycles. The predicted octanol–water partition coefficient (Wildman–Crippen LogP) is 2.65. The first-order valence-electron chi connectivity index (χ1n) is 4.95. The van der Waals surface area contributed by atoms with Crippen molar-refractivity contribution in [1.29, 1.82) is 0 Å². The Morgan fingerprint density at radius 1 is 1.56 bits per heavy atom. The third kappa shape index (κ3) is 3.81. The third-order valence-electron chi connectivity index (χ3n) is 1.77. The summed E-state index contributed by atoms with van der Waals surface area (Å²) in [5.41, 5.74) is 0.0817. The van der Waals surface area contributed by atoms with E-state index >= 15 is 0 Å². The van der Waals surface area contributed by atoms with Gasteiger partial charge in [-0.3, -0.25) is 0 Å². The molecule has 0 saturated carbocycles. The van der Waals surface area contributed by atoms with E-state index in [2.05, 4.69) is 9.72 Å². The zero-order chi connectivity index (χ0) is 12.1. The molecular weight excluding hydrogens is 229 g/mol. The number of carbonyl (C=O) groups is 1. The maximum atomic E-state index is 13.4. The van der Waals surface area contributed by atoms with Crippen molar-refractivity contribution in [3.05, 3.63) is 23.4 Å². The van der Waals surface area contributed by atoms with E-state index in [9.17, 15) is 9.18 Å². The number of hydrogen-bond acceptors (Lipinski definition) is 4. The van der Waals surface area contributed by atoms with Gasteiger partial charge in [0.05, 0.1) is 11.6 Å². The molecule has 0 spiro atoms. The molecule has 0 bridgehead atoms. The van der Waals surface area contributed by atoms with Crippen molar-refractivity contribution < 1.29 is 13.9 Å². The fourth-order valence-corrected chi connectivity index (χ4v) is 2.05. The van der Waals surface area contributed by atoms with Gasteiger partial charge < -0.3 is 4.74 Å². The van der Waals surface area contributed by atoms with Crippen LogP contribution in [0.1, 0.15) is 18.2 Å². The lowest BCUT2D eigenvalue weighted by Gasteiger charge is -2.07. The first-order valence-corrected chi connectivity index (χ1v) is 5.83. The zero-order valence-electron chi connectivity index (χ0n) is 9.49. The first-order chi connectivity index (χ1) is 7.52. The summed E-state index contributed by atoms with van der Waals surface area (Å²) >= 11 is 0.768. The van der Waals surface area contributed by atoms with Crippen LogP contribution in [-0.2, 0) is 9.53 Å². The Hall–Kier alpha value is -1.10. The molecule has 0 radical (unpaired) electrons. The number of aromatic nitrogens is 1. The van der Waals surface area contributed by atoms with Crippen molar-refractivity contribution in [1.82, 2.24) is 4.98 Å². The Balaban J connectivity index is 2.69. The van der Waals surface area contributed by atoms with Crippen LogP contribution in [0.4, 0.5) is 4.39 Å². The second-order valence-electron chi connectivity index (χ2n) is 3.31. The fourth-order valence-electron chi connectivity index (χ4n) is 1.23. The molecule has 0 fully saturated rings. The molecule has 3 nitrogen and oxygen atoms in total. The minimum atomic E-state index is -1.71. The van der Waals surface area contributed by atoms with Crippen molar-refractivity contribution in [2.24, 2.45) is 0 Å². The molecule has 0 N–H and O–H groups in total. The maximum Gasteiger partial charge on any atom is 0.351 e. The molecule has 1 atom stereocenters. The normalized spacial score (nSPS) is 12.2. The number of rotatable bonds is 4. The van der Waals surface area contributed by atoms with Crippen LogP contribution in [-0.4, -0.2) is 23.1 Å². The van der Waals surface area contributed by atoms with Crippen molar-refractivity contribution in [2.45, 2.75) is 31.3 Å². The van der Waals surface area contributed by atoms with Gasteiger partial charge in [0.1, 0.15) is 0 Å². The summed E-state index contributed by atoms with van der Waals surface area (Å²) in [5.74, 6) is -0.853. The highest BCUT2D eigenvalue weighted by Crippen LogP contribution is 2.24. The van der Waals surface area contributed by atoms with E-state index in [4.69, 9.17) is 0 Å². The molecule has 16 heavy (non-hydrogen) atoms. The van der Waals surface area contributed by atoms with Crippen molar-refractivity contribution in [2.75, 3.05) is 6.61 Å². The molecule has 0 aliphatic heterocycles. The van der Waals surface area contributed by atoms with E-state index in [1.54, 1.807) is 13.0 Å². The number of esters is 1. The van der Waals surface area contributed by atoms with Gasteiger partial charge in [-0.2, -0.15) is 0 Å². The Morgan fingerprint density at radius 3 is 2.81 bits per heavy atom. The average Bonchev–Trinajstić information content (AvgIpc) is 2.16. The number of aryl methyl sites for hydroxylation is 2. The lowest BCUT2D eigenvalue weighted by atomic mass is 10.3. The van der Waals surface area contributed by atoms with Crippen molar-refractivity contribution in [3.63, 3.8) is 0 Å². The van der Waals surface area contributed by atoms with Crippen LogP contribution in [0.5, 0.6) is 0 Å². The first kappa shape index (κ1) is 13.0. The lowest BCUT2D eigenvalue weighted by molar-refractivity contribution is -0.145. The lowest BCUT2D eigenvalue weighted by Crippen LogP contribution is -2.15. The van der Waals surface area contributed by atoms with Crippen LogP contribution >= 0.6 is 11.8 Å². The topological polar surface area (TPSA) is 39.2 Å². The molecular formula is C11H14FNO2S. The largest absolute Gasteiger partial charge is 0.463 e. The highest BCUT2D eigenvalue weighted by molar-refractivity contribution is 8.00. The number of alkyl halides is 1. The van der Waals surface area contributed by atoms with Gasteiger partial charge >= 0.3 is 5.97 Å². The van der Waals surface area contributed by atoms with Crippen LogP contribution in [0, 0.1) is 13.8 Å². The Bertz CT molecular complexity index is 364. The summed E-state index contributed by atoms with van der Waals surface area (Å²) < 4.78 is 18.0. The standard InChI is InChI=1S/C11H14FNO2S/c1-4-15-11(14)10(12)16-9-6-7(2)5-8(3)13-9/h5-6,10H,4H2,1-3H3. The van der Waals surface area contributed by atoms with Gasteiger partial charge in [-0.1, -0.05) is 11.8 Å².